The summed E-state index contributed by atoms with van der Waals surface area (Å²) < 4.78 is 5.03. The third kappa shape index (κ3) is 7.66. The highest BCUT2D eigenvalue weighted by molar-refractivity contribution is 4.79. The summed E-state index contributed by atoms with van der Waals surface area (Å²) in [6.07, 6.45) is 6.24. The quantitative estimate of drug-likeness (QED) is 0.450. The first-order valence-electron chi connectivity index (χ1n) is 3.75. The standard InChI is InChI=1S/C8H16O2/c1-2-3-4-5-7-10-8-6-9/h3-4,9H,2,5-8H2,1H3/b4-3-. The second-order valence-electron chi connectivity index (χ2n) is 2.00. The molecule has 0 rings (SSSR count). The zero-order chi connectivity index (χ0) is 7.66. The molecule has 10 heavy (non-hydrogen) atoms. The zero-order valence-electron chi connectivity index (χ0n) is 6.55. The predicted octanol–water partition coefficient (Wildman–Crippen LogP) is 1.35. The Hall–Kier alpha value is -0.340. The Morgan fingerprint density at radius 1 is 1.30 bits per heavy atom. The summed E-state index contributed by atoms with van der Waals surface area (Å²) in [6.45, 7) is 3.40. The highest BCUT2D eigenvalue weighted by Crippen LogP contribution is 1.86. The third-order valence-electron chi connectivity index (χ3n) is 1.07. The summed E-state index contributed by atoms with van der Waals surface area (Å²) in [4.78, 5) is 0. The molecule has 0 aliphatic carbocycles. The van der Waals surface area contributed by atoms with Crippen LogP contribution in [0.4, 0.5) is 0 Å². The average molecular weight is 144 g/mol. The van der Waals surface area contributed by atoms with Crippen molar-refractivity contribution in [2.75, 3.05) is 19.8 Å². The number of ether oxygens (including phenoxy) is 1. The molecule has 0 aliphatic heterocycles. The van der Waals surface area contributed by atoms with Crippen LogP contribution in [0.5, 0.6) is 0 Å². The molecule has 0 fully saturated rings. The molecule has 0 aliphatic rings. The van der Waals surface area contributed by atoms with E-state index in [1.807, 2.05) is 0 Å². The average Bonchev–Trinajstić information content (AvgIpc) is 1.97. The van der Waals surface area contributed by atoms with E-state index in [-0.39, 0.29) is 6.61 Å². The lowest BCUT2D eigenvalue weighted by molar-refractivity contribution is 0.0955. The number of hydrogen-bond acceptors (Lipinski definition) is 2. The topological polar surface area (TPSA) is 29.5 Å². The molecule has 2 nitrogen and oxygen atoms in total. The van der Waals surface area contributed by atoms with Crippen LogP contribution >= 0.6 is 0 Å². The van der Waals surface area contributed by atoms with Gasteiger partial charge >= 0.3 is 0 Å². The molecular weight excluding hydrogens is 128 g/mol. The van der Waals surface area contributed by atoms with Crippen molar-refractivity contribution >= 4 is 0 Å². The highest BCUT2D eigenvalue weighted by atomic mass is 16.5. The summed E-state index contributed by atoms with van der Waals surface area (Å²) in [5, 5.41) is 8.33. The molecule has 0 unspecified atom stereocenters. The Morgan fingerprint density at radius 3 is 2.70 bits per heavy atom. The minimum absolute atomic E-state index is 0.123. The van der Waals surface area contributed by atoms with E-state index in [1.165, 1.54) is 0 Å². The maximum absolute atomic E-state index is 8.33. The van der Waals surface area contributed by atoms with Gasteiger partial charge < -0.3 is 9.84 Å². The molecule has 0 amide bonds. The Labute approximate surface area is 62.5 Å². The van der Waals surface area contributed by atoms with Gasteiger partial charge in [-0.05, 0) is 12.8 Å². The lowest BCUT2D eigenvalue weighted by atomic mass is 10.3. The van der Waals surface area contributed by atoms with Gasteiger partial charge in [0.15, 0.2) is 0 Å². The van der Waals surface area contributed by atoms with Gasteiger partial charge in [0, 0.05) is 0 Å². The van der Waals surface area contributed by atoms with Gasteiger partial charge in [0.05, 0.1) is 19.8 Å². The van der Waals surface area contributed by atoms with Crippen molar-refractivity contribution in [2.24, 2.45) is 0 Å². The van der Waals surface area contributed by atoms with E-state index in [1.54, 1.807) is 0 Å². The van der Waals surface area contributed by atoms with Crippen molar-refractivity contribution in [1.82, 2.24) is 0 Å². The van der Waals surface area contributed by atoms with Crippen LogP contribution in [0.2, 0.25) is 0 Å². The van der Waals surface area contributed by atoms with E-state index < -0.39 is 0 Å². The van der Waals surface area contributed by atoms with Crippen LogP contribution in [0.15, 0.2) is 12.2 Å². The van der Waals surface area contributed by atoms with E-state index in [4.69, 9.17) is 9.84 Å². The molecule has 0 bridgehead atoms. The fourth-order valence-corrected chi connectivity index (χ4v) is 0.603. The zero-order valence-corrected chi connectivity index (χ0v) is 6.55. The van der Waals surface area contributed by atoms with Crippen LogP contribution in [-0.4, -0.2) is 24.9 Å². The van der Waals surface area contributed by atoms with Crippen LogP contribution in [0.3, 0.4) is 0 Å². The summed E-state index contributed by atoms with van der Waals surface area (Å²) >= 11 is 0. The van der Waals surface area contributed by atoms with E-state index in [0.29, 0.717) is 6.61 Å². The first-order chi connectivity index (χ1) is 4.91. The number of aliphatic hydroxyl groups is 1. The van der Waals surface area contributed by atoms with Gasteiger partial charge in [0.25, 0.3) is 0 Å². The van der Waals surface area contributed by atoms with Crippen molar-refractivity contribution in [1.29, 1.82) is 0 Å². The van der Waals surface area contributed by atoms with Gasteiger partial charge in [-0.2, -0.15) is 0 Å². The van der Waals surface area contributed by atoms with Crippen LogP contribution in [0, 0.1) is 0 Å². The maximum atomic E-state index is 8.33. The summed E-state index contributed by atoms with van der Waals surface area (Å²) in [6, 6.07) is 0. The van der Waals surface area contributed by atoms with Gasteiger partial charge in [0.2, 0.25) is 0 Å². The number of hydrogen-bond donors (Lipinski definition) is 1. The molecule has 0 aromatic heterocycles. The van der Waals surface area contributed by atoms with E-state index in [9.17, 15) is 0 Å². The van der Waals surface area contributed by atoms with E-state index in [2.05, 4.69) is 19.1 Å². The van der Waals surface area contributed by atoms with Crippen molar-refractivity contribution < 1.29 is 9.84 Å². The first-order valence-corrected chi connectivity index (χ1v) is 3.75. The normalized spacial score (nSPS) is 11.0. The number of allylic oxidation sites excluding steroid dienone is 1. The fourth-order valence-electron chi connectivity index (χ4n) is 0.603. The second kappa shape index (κ2) is 8.66. The Balaban J connectivity index is 2.83. The molecule has 0 atom stereocenters. The van der Waals surface area contributed by atoms with E-state index >= 15 is 0 Å². The first kappa shape index (κ1) is 9.66. The molecule has 0 heterocycles. The minimum atomic E-state index is 0.123. The molecule has 0 saturated carbocycles. The highest BCUT2D eigenvalue weighted by Gasteiger charge is 1.81. The van der Waals surface area contributed by atoms with E-state index in [0.717, 1.165) is 19.4 Å². The molecule has 0 radical (unpaired) electrons. The van der Waals surface area contributed by atoms with Gasteiger partial charge in [-0.1, -0.05) is 19.1 Å². The largest absolute Gasteiger partial charge is 0.394 e. The molecule has 0 spiro atoms. The fraction of sp³-hybridized carbons (Fsp3) is 0.750. The van der Waals surface area contributed by atoms with Gasteiger partial charge in [-0.15, -0.1) is 0 Å². The van der Waals surface area contributed by atoms with Crippen LogP contribution in [0.1, 0.15) is 19.8 Å². The van der Waals surface area contributed by atoms with Crippen molar-refractivity contribution in [3.63, 3.8) is 0 Å². The smallest absolute Gasteiger partial charge is 0.0697 e. The summed E-state index contributed by atoms with van der Waals surface area (Å²) in [7, 11) is 0. The van der Waals surface area contributed by atoms with Crippen LogP contribution in [-0.2, 0) is 4.74 Å². The monoisotopic (exact) mass is 144 g/mol. The molecule has 60 valence electrons. The van der Waals surface area contributed by atoms with Crippen LogP contribution < -0.4 is 0 Å². The molecule has 0 aromatic rings. The Kier molecular flexibility index (Phi) is 8.37. The van der Waals surface area contributed by atoms with Gasteiger partial charge in [-0.3, -0.25) is 0 Å². The van der Waals surface area contributed by atoms with Crippen molar-refractivity contribution in [3.8, 4) is 0 Å². The molecule has 1 N–H and O–H groups in total. The molecule has 0 saturated heterocycles. The van der Waals surface area contributed by atoms with Gasteiger partial charge in [0.1, 0.15) is 0 Å². The maximum Gasteiger partial charge on any atom is 0.0697 e. The lowest BCUT2D eigenvalue weighted by Crippen LogP contribution is -1.99. The van der Waals surface area contributed by atoms with Crippen molar-refractivity contribution in [2.45, 2.75) is 19.8 Å². The lowest BCUT2D eigenvalue weighted by Gasteiger charge is -1.96. The molecule has 2 heteroatoms. The Morgan fingerprint density at radius 2 is 2.10 bits per heavy atom. The third-order valence-corrected chi connectivity index (χ3v) is 1.07. The minimum Gasteiger partial charge on any atom is -0.394 e. The molecular formula is C8H16O2. The number of aliphatic hydroxyl groups excluding tert-OH is 1. The second-order valence-corrected chi connectivity index (χ2v) is 2.00. The Bertz CT molecular complexity index is 79.3. The SMILES string of the molecule is CC/C=C\CCOCCO. The van der Waals surface area contributed by atoms with Crippen LogP contribution in [0.25, 0.3) is 0 Å². The predicted molar refractivity (Wildman–Crippen MR) is 42.0 cm³/mol. The van der Waals surface area contributed by atoms with Gasteiger partial charge in [-0.25, -0.2) is 0 Å². The number of rotatable bonds is 6. The van der Waals surface area contributed by atoms with Crippen molar-refractivity contribution in [3.05, 3.63) is 12.2 Å². The molecule has 0 aromatic carbocycles. The summed E-state index contributed by atoms with van der Waals surface area (Å²) in [5.41, 5.74) is 0. The summed E-state index contributed by atoms with van der Waals surface area (Å²) in [5.74, 6) is 0.